The third kappa shape index (κ3) is 5.38. The highest BCUT2D eigenvalue weighted by molar-refractivity contribution is 6.30. The van der Waals surface area contributed by atoms with Gasteiger partial charge in [-0.25, -0.2) is 4.39 Å². The van der Waals surface area contributed by atoms with Crippen molar-refractivity contribution in [1.82, 2.24) is 4.90 Å². The average Bonchev–Trinajstić information content (AvgIpc) is 2.48. The Kier molecular flexibility index (Phi) is 5.71. The summed E-state index contributed by atoms with van der Waals surface area (Å²) in [6.07, 6.45) is 0. The van der Waals surface area contributed by atoms with Crippen molar-refractivity contribution in [2.45, 2.75) is 13.5 Å². The molecule has 0 saturated heterocycles. The lowest BCUT2D eigenvalue weighted by Crippen LogP contribution is -2.36. The molecule has 23 heavy (non-hydrogen) atoms. The van der Waals surface area contributed by atoms with Crippen LogP contribution in [-0.2, 0) is 16.1 Å². The molecule has 2 rings (SSSR count). The third-order valence-electron chi connectivity index (χ3n) is 3.17. The molecule has 0 aliphatic rings. The summed E-state index contributed by atoms with van der Waals surface area (Å²) in [5.41, 5.74) is 1.31. The summed E-state index contributed by atoms with van der Waals surface area (Å²) in [5.74, 6) is -0.915. The third-order valence-corrected chi connectivity index (χ3v) is 3.41. The molecule has 0 unspecified atom stereocenters. The Labute approximate surface area is 138 Å². The summed E-state index contributed by atoms with van der Waals surface area (Å²) < 4.78 is 12.9. The second kappa shape index (κ2) is 7.74. The maximum atomic E-state index is 12.9. The van der Waals surface area contributed by atoms with E-state index in [2.05, 4.69) is 5.32 Å². The lowest BCUT2D eigenvalue weighted by atomic mass is 10.2. The molecule has 0 aliphatic heterocycles. The SMILES string of the molecule is CC(=O)N(CC(=O)Nc1cccc(Cl)c1)Cc1ccc(F)cc1. The molecule has 6 heteroatoms. The maximum Gasteiger partial charge on any atom is 0.244 e. The first kappa shape index (κ1) is 17.0. The number of hydrogen-bond donors (Lipinski definition) is 1. The number of nitrogens with zero attached hydrogens (tertiary/aromatic N) is 1. The number of benzene rings is 2. The molecular formula is C17H16ClFN2O2. The molecule has 4 nitrogen and oxygen atoms in total. The van der Waals surface area contributed by atoms with E-state index in [-0.39, 0.29) is 30.7 Å². The van der Waals surface area contributed by atoms with E-state index in [1.165, 1.54) is 24.0 Å². The van der Waals surface area contributed by atoms with Gasteiger partial charge in [0.1, 0.15) is 12.4 Å². The Morgan fingerprint density at radius 3 is 2.48 bits per heavy atom. The smallest absolute Gasteiger partial charge is 0.244 e. The van der Waals surface area contributed by atoms with Crippen LogP contribution in [0.15, 0.2) is 48.5 Å². The van der Waals surface area contributed by atoms with Crippen LogP contribution in [0.1, 0.15) is 12.5 Å². The molecule has 0 heterocycles. The van der Waals surface area contributed by atoms with Crippen LogP contribution in [0.25, 0.3) is 0 Å². The van der Waals surface area contributed by atoms with E-state index in [1.54, 1.807) is 36.4 Å². The van der Waals surface area contributed by atoms with Crippen LogP contribution in [-0.4, -0.2) is 23.3 Å². The summed E-state index contributed by atoms with van der Waals surface area (Å²) >= 11 is 5.86. The van der Waals surface area contributed by atoms with Crippen molar-refractivity contribution < 1.29 is 14.0 Å². The molecule has 0 spiro atoms. The first-order valence-corrected chi connectivity index (χ1v) is 7.37. The van der Waals surface area contributed by atoms with Crippen LogP contribution >= 0.6 is 11.6 Å². The molecule has 1 N–H and O–H groups in total. The minimum atomic E-state index is -0.346. The maximum absolute atomic E-state index is 12.9. The average molecular weight is 335 g/mol. The second-order valence-electron chi connectivity index (χ2n) is 5.06. The van der Waals surface area contributed by atoms with E-state index in [0.29, 0.717) is 10.7 Å². The molecule has 0 radical (unpaired) electrons. The molecule has 2 aromatic carbocycles. The number of nitrogens with one attached hydrogen (secondary N) is 1. The highest BCUT2D eigenvalue weighted by atomic mass is 35.5. The topological polar surface area (TPSA) is 49.4 Å². The molecule has 0 atom stereocenters. The van der Waals surface area contributed by atoms with Gasteiger partial charge >= 0.3 is 0 Å². The Hall–Kier alpha value is -2.40. The Balaban J connectivity index is 1.99. The zero-order valence-electron chi connectivity index (χ0n) is 12.6. The first-order chi connectivity index (χ1) is 10.9. The van der Waals surface area contributed by atoms with Crippen LogP contribution < -0.4 is 5.32 Å². The van der Waals surface area contributed by atoms with E-state index in [4.69, 9.17) is 11.6 Å². The summed E-state index contributed by atoms with van der Waals surface area (Å²) in [7, 11) is 0. The standard InChI is InChI=1S/C17H16ClFN2O2/c1-12(22)21(10-13-5-7-15(19)8-6-13)11-17(23)20-16-4-2-3-14(18)9-16/h2-9H,10-11H2,1H3,(H,20,23). The summed E-state index contributed by atoms with van der Waals surface area (Å²) in [6, 6.07) is 12.6. The van der Waals surface area contributed by atoms with E-state index in [9.17, 15) is 14.0 Å². The highest BCUT2D eigenvalue weighted by Gasteiger charge is 2.14. The van der Waals surface area contributed by atoms with Crippen molar-refractivity contribution in [3.05, 3.63) is 64.9 Å². The molecule has 0 bridgehead atoms. The van der Waals surface area contributed by atoms with Crippen molar-refractivity contribution in [3.63, 3.8) is 0 Å². The highest BCUT2D eigenvalue weighted by Crippen LogP contribution is 2.15. The van der Waals surface area contributed by atoms with Gasteiger partial charge in [-0.3, -0.25) is 9.59 Å². The fraction of sp³-hybridized carbons (Fsp3) is 0.176. The zero-order valence-corrected chi connectivity index (χ0v) is 13.3. The van der Waals surface area contributed by atoms with E-state index >= 15 is 0 Å². The first-order valence-electron chi connectivity index (χ1n) is 6.99. The summed E-state index contributed by atoms with van der Waals surface area (Å²) in [6.45, 7) is 1.52. The van der Waals surface area contributed by atoms with Crippen LogP contribution in [0.2, 0.25) is 5.02 Å². The van der Waals surface area contributed by atoms with Crippen LogP contribution in [0, 0.1) is 5.82 Å². The molecule has 0 fully saturated rings. The minimum absolute atomic E-state index is 0.0980. The molecule has 0 aliphatic carbocycles. The molecular weight excluding hydrogens is 319 g/mol. The number of halogens is 2. The number of amides is 2. The van der Waals surface area contributed by atoms with Gasteiger partial charge < -0.3 is 10.2 Å². The lowest BCUT2D eigenvalue weighted by molar-refractivity contribution is -0.133. The number of carbonyl (C=O) groups is 2. The fourth-order valence-corrected chi connectivity index (χ4v) is 2.22. The van der Waals surface area contributed by atoms with Gasteiger partial charge in [0, 0.05) is 24.2 Å². The number of rotatable bonds is 5. The predicted octanol–water partition coefficient (Wildman–Crippen LogP) is 3.47. The van der Waals surface area contributed by atoms with E-state index in [0.717, 1.165) is 5.56 Å². The number of hydrogen-bond acceptors (Lipinski definition) is 2. The van der Waals surface area contributed by atoms with Gasteiger partial charge in [-0.1, -0.05) is 29.8 Å². The summed E-state index contributed by atoms with van der Waals surface area (Å²) in [5, 5.41) is 3.20. The molecule has 2 amide bonds. The Bertz CT molecular complexity index is 704. The molecule has 120 valence electrons. The molecule has 0 aromatic heterocycles. The van der Waals surface area contributed by atoms with Gasteiger partial charge in [0.2, 0.25) is 11.8 Å². The Morgan fingerprint density at radius 2 is 1.87 bits per heavy atom. The van der Waals surface area contributed by atoms with Gasteiger partial charge in [0.25, 0.3) is 0 Å². The van der Waals surface area contributed by atoms with Gasteiger partial charge in [-0.2, -0.15) is 0 Å². The predicted molar refractivity (Wildman–Crippen MR) is 87.6 cm³/mol. The molecule has 0 saturated carbocycles. The Morgan fingerprint density at radius 1 is 1.17 bits per heavy atom. The number of anilines is 1. The second-order valence-corrected chi connectivity index (χ2v) is 5.50. The van der Waals surface area contributed by atoms with E-state index < -0.39 is 0 Å². The normalized spacial score (nSPS) is 10.2. The van der Waals surface area contributed by atoms with Crippen molar-refractivity contribution in [2.75, 3.05) is 11.9 Å². The summed E-state index contributed by atoms with van der Waals surface area (Å²) in [4.78, 5) is 25.2. The largest absolute Gasteiger partial charge is 0.329 e. The van der Waals surface area contributed by atoms with Crippen LogP contribution in [0.3, 0.4) is 0 Å². The monoisotopic (exact) mass is 334 g/mol. The van der Waals surface area contributed by atoms with Crippen molar-refractivity contribution in [2.24, 2.45) is 0 Å². The van der Waals surface area contributed by atoms with Crippen molar-refractivity contribution in [3.8, 4) is 0 Å². The van der Waals surface area contributed by atoms with E-state index in [1.807, 2.05) is 0 Å². The van der Waals surface area contributed by atoms with Crippen LogP contribution in [0.5, 0.6) is 0 Å². The van der Waals surface area contributed by atoms with Crippen molar-refractivity contribution >= 4 is 29.1 Å². The van der Waals surface area contributed by atoms with Gasteiger partial charge in [0.05, 0.1) is 0 Å². The van der Waals surface area contributed by atoms with Gasteiger partial charge in [-0.15, -0.1) is 0 Å². The van der Waals surface area contributed by atoms with Crippen LogP contribution in [0.4, 0.5) is 10.1 Å². The lowest BCUT2D eigenvalue weighted by Gasteiger charge is -2.20. The van der Waals surface area contributed by atoms with Gasteiger partial charge in [0.15, 0.2) is 0 Å². The molecule has 2 aromatic rings. The fourth-order valence-electron chi connectivity index (χ4n) is 2.03. The minimum Gasteiger partial charge on any atom is -0.329 e. The quantitative estimate of drug-likeness (QED) is 0.910. The van der Waals surface area contributed by atoms with Gasteiger partial charge in [-0.05, 0) is 35.9 Å². The zero-order chi connectivity index (χ0) is 16.8. The number of carbonyl (C=O) groups excluding carboxylic acids is 2. The van der Waals surface area contributed by atoms with Crippen molar-refractivity contribution in [1.29, 1.82) is 0 Å².